The van der Waals surface area contributed by atoms with Crippen LogP contribution in [0.4, 0.5) is 0 Å². The lowest BCUT2D eigenvalue weighted by atomic mass is 9.89. The molecule has 1 aromatic rings. The van der Waals surface area contributed by atoms with Crippen LogP contribution in [0, 0.1) is 0 Å². The van der Waals surface area contributed by atoms with E-state index in [0.717, 1.165) is 18.7 Å². The van der Waals surface area contributed by atoms with Crippen LogP contribution >= 0.6 is 11.8 Å². The molecule has 19 heavy (non-hydrogen) atoms. The minimum atomic E-state index is -0.875. The Morgan fingerprint density at radius 2 is 2.05 bits per heavy atom. The van der Waals surface area contributed by atoms with Gasteiger partial charge in [-0.1, -0.05) is 31.0 Å². The zero-order valence-electron chi connectivity index (χ0n) is 10.7. The molecule has 1 aliphatic heterocycles. The van der Waals surface area contributed by atoms with Crippen LogP contribution in [0.3, 0.4) is 0 Å². The molecule has 0 amide bonds. The van der Waals surface area contributed by atoms with Gasteiger partial charge in [0.25, 0.3) is 0 Å². The maximum absolute atomic E-state index is 11.1. The molecule has 7 heteroatoms. The number of fused-ring (bicyclic) bond motifs is 1. The number of hydrogen-bond acceptors (Lipinski definition) is 5. The van der Waals surface area contributed by atoms with E-state index in [-0.39, 0.29) is 0 Å². The zero-order chi connectivity index (χ0) is 13.4. The van der Waals surface area contributed by atoms with Crippen LogP contribution < -0.4 is 0 Å². The van der Waals surface area contributed by atoms with Crippen LogP contribution in [0.5, 0.6) is 0 Å². The fourth-order valence-electron chi connectivity index (χ4n) is 2.69. The fraction of sp³-hybridized carbons (Fsp3) is 0.667. The van der Waals surface area contributed by atoms with Crippen LogP contribution in [0.1, 0.15) is 50.8 Å². The van der Waals surface area contributed by atoms with E-state index >= 15 is 0 Å². The molecule has 0 bridgehead atoms. The average molecular weight is 280 g/mol. The second-order valence-corrected chi connectivity index (χ2v) is 6.14. The average Bonchev–Trinajstić information content (AvgIpc) is 2.81. The van der Waals surface area contributed by atoms with Crippen molar-refractivity contribution in [3.63, 3.8) is 0 Å². The number of thioether (sulfide) groups is 1. The Morgan fingerprint density at radius 3 is 2.74 bits per heavy atom. The van der Waals surface area contributed by atoms with E-state index in [1.54, 1.807) is 11.6 Å². The molecule has 0 spiro atoms. The number of nitrogens with zero attached hydrogens (tertiary/aromatic N) is 4. The van der Waals surface area contributed by atoms with Gasteiger partial charge in [-0.3, -0.25) is 4.79 Å². The van der Waals surface area contributed by atoms with Crippen LogP contribution in [0.15, 0.2) is 10.3 Å². The molecule has 1 fully saturated rings. The monoisotopic (exact) mass is 280 g/mol. The van der Waals surface area contributed by atoms with Crippen molar-refractivity contribution >= 4 is 23.4 Å². The van der Waals surface area contributed by atoms with Gasteiger partial charge in [0.2, 0.25) is 5.16 Å². The molecule has 1 aliphatic carbocycles. The summed E-state index contributed by atoms with van der Waals surface area (Å²) < 4.78 is 1.75. The summed E-state index contributed by atoms with van der Waals surface area (Å²) in [5.41, 5.74) is 0.599. The highest BCUT2D eigenvalue weighted by Crippen LogP contribution is 2.35. The first-order valence-corrected chi connectivity index (χ1v) is 7.45. The van der Waals surface area contributed by atoms with Crippen molar-refractivity contribution in [1.82, 2.24) is 14.9 Å². The lowest BCUT2D eigenvalue weighted by Crippen LogP contribution is -2.29. The number of hydrogen-bond donors (Lipinski definition) is 1. The normalized spacial score (nSPS) is 23.8. The van der Waals surface area contributed by atoms with Crippen LogP contribution in [0.25, 0.3) is 0 Å². The SMILES string of the molecule is CC1=Nn2c(nnc2C2CCCCC2)SC1C(=O)O. The van der Waals surface area contributed by atoms with Crippen molar-refractivity contribution in [1.29, 1.82) is 0 Å². The number of aromatic nitrogens is 3. The molecule has 1 saturated carbocycles. The largest absolute Gasteiger partial charge is 0.480 e. The van der Waals surface area contributed by atoms with Gasteiger partial charge in [-0.2, -0.15) is 9.78 Å². The predicted octanol–water partition coefficient (Wildman–Crippen LogP) is 2.11. The lowest BCUT2D eigenvalue weighted by molar-refractivity contribution is -0.135. The van der Waals surface area contributed by atoms with Crippen LogP contribution in [-0.4, -0.2) is 36.9 Å². The van der Waals surface area contributed by atoms with Gasteiger partial charge < -0.3 is 5.11 Å². The summed E-state index contributed by atoms with van der Waals surface area (Å²) in [6.07, 6.45) is 5.98. The van der Waals surface area contributed by atoms with Crippen molar-refractivity contribution < 1.29 is 9.90 Å². The van der Waals surface area contributed by atoms with Gasteiger partial charge in [-0.15, -0.1) is 10.2 Å². The van der Waals surface area contributed by atoms with Gasteiger partial charge in [-0.05, 0) is 19.8 Å². The van der Waals surface area contributed by atoms with Gasteiger partial charge in [0.15, 0.2) is 5.82 Å². The molecular formula is C12H16N4O2S. The van der Waals surface area contributed by atoms with E-state index in [0.29, 0.717) is 16.8 Å². The fourth-order valence-corrected chi connectivity index (χ4v) is 3.54. The summed E-state index contributed by atoms with van der Waals surface area (Å²) in [6, 6.07) is 0. The first-order valence-electron chi connectivity index (χ1n) is 6.57. The van der Waals surface area contributed by atoms with E-state index in [9.17, 15) is 4.79 Å². The Kier molecular flexibility index (Phi) is 3.30. The third-order valence-electron chi connectivity index (χ3n) is 3.69. The summed E-state index contributed by atoms with van der Waals surface area (Å²) in [7, 11) is 0. The third-order valence-corrected chi connectivity index (χ3v) is 4.94. The van der Waals surface area contributed by atoms with E-state index in [1.807, 2.05) is 0 Å². The molecule has 0 aromatic carbocycles. The molecule has 1 unspecified atom stereocenters. The number of carboxylic acid groups (broad SMARTS) is 1. The van der Waals surface area contributed by atoms with Gasteiger partial charge in [0.05, 0.1) is 5.71 Å². The summed E-state index contributed by atoms with van der Waals surface area (Å²) in [5, 5.41) is 21.8. The van der Waals surface area contributed by atoms with E-state index in [2.05, 4.69) is 15.3 Å². The summed E-state index contributed by atoms with van der Waals surface area (Å²) >= 11 is 1.22. The molecule has 0 saturated heterocycles. The van der Waals surface area contributed by atoms with E-state index in [4.69, 9.17) is 5.11 Å². The number of rotatable bonds is 2. The summed E-state index contributed by atoms with van der Waals surface area (Å²) in [6.45, 7) is 1.75. The highest BCUT2D eigenvalue weighted by molar-refractivity contribution is 8.01. The minimum Gasteiger partial charge on any atom is -0.480 e. The third kappa shape index (κ3) is 2.27. The van der Waals surface area contributed by atoms with Crippen LogP contribution in [-0.2, 0) is 4.79 Å². The minimum absolute atomic E-state index is 0.411. The first kappa shape index (κ1) is 12.7. The van der Waals surface area contributed by atoms with E-state index in [1.165, 1.54) is 31.0 Å². The second kappa shape index (κ2) is 4.96. The highest BCUT2D eigenvalue weighted by atomic mass is 32.2. The molecule has 2 aliphatic rings. The van der Waals surface area contributed by atoms with Crippen molar-refractivity contribution in [2.75, 3.05) is 0 Å². The number of carbonyl (C=O) groups is 1. The standard InChI is InChI=1S/C12H16N4O2S/c1-7-9(11(17)18)19-12-14-13-10(16(12)15-7)8-5-3-2-4-6-8/h8-9H,2-6H2,1H3,(H,17,18). The Morgan fingerprint density at radius 1 is 1.32 bits per heavy atom. The summed E-state index contributed by atoms with van der Waals surface area (Å²) in [5.74, 6) is 0.429. The number of aliphatic carboxylic acids is 1. The maximum Gasteiger partial charge on any atom is 0.322 e. The Hall–Kier alpha value is -1.37. The molecule has 1 aromatic heterocycles. The van der Waals surface area contributed by atoms with Gasteiger partial charge >= 0.3 is 5.97 Å². The Balaban J connectivity index is 1.92. The molecule has 1 N–H and O–H groups in total. The first-order chi connectivity index (χ1) is 9.16. The van der Waals surface area contributed by atoms with Gasteiger partial charge in [-0.25, -0.2) is 0 Å². The topological polar surface area (TPSA) is 80.4 Å². The molecule has 3 rings (SSSR count). The zero-order valence-corrected chi connectivity index (χ0v) is 11.6. The van der Waals surface area contributed by atoms with Crippen molar-refractivity contribution in [2.24, 2.45) is 5.10 Å². The summed E-state index contributed by atoms with van der Waals surface area (Å²) in [4.78, 5) is 11.1. The Bertz CT molecular complexity index is 534. The lowest BCUT2D eigenvalue weighted by Gasteiger charge is -2.22. The molecular weight excluding hydrogens is 264 g/mol. The van der Waals surface area contributed by atoms with Crippen molar-refractivity contribution in [2.45, 2.75) is 55.4 Å². The van der Waals surface area contributed by atoms with E-state index < -0.39 is 11.2 Å². The molecule has 2 heterocycles. The molecule has 0 radical (unpaired) electrons. The van der Waals surface area contributed by atoms with Gasteiger partial charge in [0.1, 0.15) is 5.25 Å². The Labute approximate surface area is 115 Å². The predicted molar refractivity (Wildman–Crippen MR) is 71.6 cm³/mol. The smallest absolute Gasteiger partial charge is 0.322 e. The highest BCUT2D eigenvalue weighted by Gasteiger charge is 2.32. The second-order valence-electron chi connectivity index (χ2n) is 5.07. The van der Waals surface area contributed by atoms with Crippen LogP contribution in [0.2, 0.25) is 0 Å². The van der Waals surface area contributed by atoms with Crippen molar-refractivity contribution in [3.8, 4) is 0 Å². The molecule has 102 valence electrons. The molecule has 6 nitrogen and oxygen atoms in total. The maximum atomic E-state index is 11.1. The number of carboxylic acids is 1. The molecule has 1 atom stereocenters. The van der Waals surface area contributed by atoms with Crippen molar-refractivity contribution in [3.05, 3.63) is 5.82 Å². The van der Waals surface area contributed by atoms with Gasteiger partial charge in [0, 0.05) is 5.92 Å². The quantitative estimate of drug-likeness (QED) is 0.897.